The zero-order valence-corrected chi connectivity index (χ0v) is 18.3. The van der Waals surface area contributed by atoms with Crippen LogP contribution in [0.1, 0.15) is 27.2 Å². The first-order valence-electron chi connectivity index (χ1n) is 10.1. The average Bonchev–Trinajstić information content (AvgIpc) is 3.07. The van der Waals surface area contributed by atoms with Crippen LogP contribution in [0.2, 0.25) is 0 Å². The van der Waals surface area contributed by atoms with E-state index >= 15 is 0 Å². The van der Waals surface area contributed by atoms with Crippen LogP contribution < -0.4 is 9.34 Å². The molecule has 0 bridgehead atoms. The molecule has 0 aromatic heterocycles. The molecule has 0 aliphatic carbocycles. The first-order valence-corrected chi connectivity index (χ1v) is 11.8. The summed E-state index contributed by atoms with van der Waals surface area (Å²) in [5.74, 6) is -0.0311. The highest BCUT2D eigenvalue weighted by Crippen LogP contribution is 2.67. The fraction of sp³-hybridized carbons (Fsp3) is 0.348. The molecule has 29 heavy (non-hydrogen) atoms. The quantitative estimate of drug-likeness (QED) is 0.441. The number of carbonyl (C=O) groups excluding carboxylic acids is 1. The van der Waals surface area contributed by atoms with E-state index in [1.807, 2.05) is 43.3 Å². The summed E-state index contributed by atoms with van der Waals surface area (Å²) in [6.45, 7) is 7.84. The van der Waals surface area contributed by atoms with Gasteiger partial charge in [0.1, 0.15) is 0 Å². The summed E-state index contributed by atoms with van der Waals surface area (Å²) in [6.07, 6.45) is 2.24. The van der Waals surface area contributed by atoms with E-state index in [0.717, 1.165) is 29.8 Å². The Hall–Kier alpha value is -2.52. The number of ether oxygens (including phenoxy) is 1. The molecule has 2 aromatic carbocycles. The van der Waals surface area contributed by atoms with Gasteiger partial charge >= 0.3 is 5.97 Å². The van der Waals surface area contributed by atoms with Crippen LogP contribution in [0.4, 0.5) is 11.4 Å². The van der Waals surface area contributed by atoms with Crippen LogP contribution in [-0.4, -0.2) is 25.7 Å². The van der Waals surface area contributed by atoms with Gasteiger partial charge in [0.2, 0.25) is 0 Å². The second-order valence-corrected chi connectivity index (χ2v) is 10.1. The first kappa shape index (κ1) is 21.2. The van der Waals surface area contributed by atoms with Gasteiger partial charge in [-0.05, 0) is 37.1 Å². The summed E-state index contributed by atoms with van der Waals surface area (Å²) in [5.41, 5.74) is 2.04. The van der Waals surface area contributed by atoms with E-state index in [4.69, 9.17) is 4.74 Å². The van der Waals surface area contributed by atoms with Gasteiger partial charge in [0.25, 0.3) is 0 Å². The van der Waals surface area contributed by atoms with Crippen LogP contribution in [0.15, 0.2) is 72.1 Å². The van der Waals surface area contributed by atoms with Crippen molar-refractivity contribution < 1.29 is 9.53 Å². The van der Waals surface area contributed by atoms with Gasteiger partial charge in [0.05, 0.1) is 13.0 Å². The maximum atomic E-state index is 12.5. The Morgan fingerprint density at radius 1 is 1.03 bits per heavy atom. The highest BCUT2D eigenvalue weighted by atomic mass is 31.2. The van der Waals surface area contributed by atoms with Gasteiger partial charge in [0, 0.05) is 29.8 Å². The summed E-state index contributed by atoms with van der Waals surface area (Å²) < 4.78 is 9.63. The molecule has 1 N–H and O–H groups in total. The molecule has 154 valence electrons. The SMILES string of the molecule is CCOC(=O)C/C(=C\C(C)C)P1(=N)N(c2ccccc2)CCN1c1ccccc1. The lowest BCUT2D eigenvalue weighted by Gasteiger charge is -2.38. The number of anilines is 2. The van der Waals surface area contributed by atoms with Crippen LogP contribution >= 0.6 is 7.36 Å². The van der Waals surface area contributed by atoms with Crippen LogP contribution in [0.5, 0.6) is 0 Å². The highest BCUT2D eigenvalue weighted by molar-refractivity contribution is 7.72. The number of hydrogen-bond donors (Lipinski definition) is 1. The van der Waals surface area contributed by atoms with Crippen LogP contribution in [0.25, 0.3) is 0 Å². The van der Waals surface area contributed by atoms with Crippen molar-refractivity contribution >= 4 is 24.7 Å². The first-order chi connectivity index (χ1) is 14.0. The minimum absolute atomic E-state index is 0.149. The number of nitrogens with zero attached hydrogens (tertiary/aromatic N) is 2. The van der Waals surface area contributed by atoms with Gasteiger partial charge in [-0.3, -0.25) is 9.96 Å². The third-order valence-electron chi connectivity index (χ3n) is 4.89. The third-order valence-corrected chi connectivity index (χ3v) is 8.26. The zero-order valence-electron chi connectivity index (χ0n) is 17.4. The third kappa shape index (κ3) is 4.56. The fourth-order valence-corrected chi connectivity index (χ4v) is 7.16. The van der Waals surface area contributed by atoms with Crippen molar-refractivity contribution in [2.75, 3.05) is 29.0 Å². The lowest BCUT2D eigenvalue weighted by molar-refractivity contribution is -0.142. The maximum absolute atomic E-state index is 12.5. The molecule has 1 aliphatic rings. The number of rotatable bonds is 7. The van der Waals surface area contributed by atoms with E-state index in [1.54, 1.807) is 0 Å². The predicted octanol–water partition coefficient (Wildman–Crippen LogP) is 6.12. The Labute approximate surface area is 173 Å². The van der Waals surface area contributed by atoms with Crippen molar-refractivity contribution in [1.29, 1.82) is 5.16 Å². The second kappa shape index (κ2) is 9.32. The number of esters is 1. The molecule has 1 fully saturated rings. The van der Waals surface area contributed by atoms with Crippen molar-refractivity contribution in [3.63, 3.8) is 0 Å². The molecule has 0 amide bonds. The monoisotopic (exact) mass is 411 g/mol. The molecule has 2 aromatic rings. The summed E-state index contributed by atoms with van der Waals surface area (Å²) in [4.78, 5) is 12.5. The van der Waals surface area contributed by atoms with E-state index in [1.165, 1.54) is 0 Å². The second-order valence-electron chi connectivity index (χ2n) is 7.40. The Balaban J connectivity index is 2.12. The van der Waals surface area contributed by atoms with Crippen molar-refractivity contribution in [3.8, 4) is 0 Å². The Kier molecular flexibility index (Phi) is 6.81. The van der Waals surface area contributed by atoms with E-state index in [0.29, 0.717) is 6.61 Å². The van der Waals surface area contributed by atoms with Gasteiger partial charge in [-0.1, -0.05) is 56.3 Å². The van der Waals surface area contributed by atoms with Crippen LogP contribution in [0.3, 0.4) is 0 Å². The Morgan fingerprint density at radius 2 is 1.52 bits per heavy atom. The molecule has 0 saturated carbocycles. The van der Waals surface area contributed by atoms with Crippen LogP contribution in [0, 0.1) is 11.1 Å². The van der Waals surface area contributed by atoms with Gasteiger partial charge in [-0.2, -0.15) is 0 Å². The highest BCUT2D eigenvalue weighted by Gasteiger charge is 2.42. The topological polar surface area (TPSA) is 56.6 Å². The smallest absolute Gasteiger partial charge is 0.310 e. The molecule has 0 radical (unpaired) electrons. The van der Waals surface area contributed by atoms with Crippen molar-refractivity contribution in [3.05, 3.63) is 72.1 Å². The number of para-hydroxylation sites is 2. The molecular formula is C23H30N3O2P. The lowest BCUT2D eigenvalue weighted by Crippen LogP contribution is -2.22. The molecule has 1 saturated heterocycles. The summed E-state index contributed by atoms with van der Waals surface area (Å²) >= 11 is 0. The van der Waals surface area contributed by atoms with Crippen LogP contribution in [-0.2, 0) is 9.53 Å². The van der Waals surface area contributed by atoms with Crippen molar-refractivity contribution in [1.82, 2.24) is 0 Å². The molecule has 3 rings (SSSR count). The van der Waals surface area contributed by atoms with Crippen molar-refractivity contribution in [2.24, 2.45) is 5.92 Å². The van der Waals surface area contributed by atoms with Gasteiger partial charge < -0.3 is 14.1 Å². The average molecular weight is 411 g/mol. The summed E-state index contributed by atoms with van der Waals surface area (Å²) in [5, 5.41) is 10.7. The summed E-state index contributed by atoms with van der Waals surface area (Å²) in [6, 6.07) is 20.2. The minimum atomic E-state index is -2.75. The minimum Gasteiger partial charge on any atom is -0.466 e. The standard InChI is InChI=1S/C23H30N3O2P/c1-4-28-23(27)18-22(17-19(2)3)29(24)25(20-11-7-5-8-12-20)15-16-26(29)21-13-9-6-10-14-21/h5-14,17,19,24H,4,15-16,18H2,1-3H3/b22-17+. The van der Waals surface area contributed by atoms with Gasteiger partial charge in [0.15, 0.2) is 7.36 Å². The fourth-order valence-electron chi connectivity index (χ4n) is 3.73. The number of carbonyl (C=O) groups is 1. The molecule has 0 spiro atoms. The molecule has 6 heteroatoms. The Morgan fingerprint density at radius 3 is 1.93 bits per heavy atom. The molecule has 0 atom stereocenters. The predicted molar refractivity (Wildman–Crippen MR) is 121 cm³/mol. The molecule has 5 nitrogen and oxygen atoms in total. The molecule has 0 unspecified atom stereocenters. The van der Waals surface area contributed by atoms with Gasteiger partial charge in [-0.15, -0.1) is 0 Å². The van der Waals surface area contributed by atoms with E-state index in [-0.39, 0.29) is 18.3 Å². The number of benzene rings is 2. The number of nitrogens with one attached hydrogen (secondary N) is 1. The van der Waals surface area contributed by atoms with E-state index in [9.17, 15) is 9.96 Å². The molecular weight excluding hydrogens is 381 g/mol. The number of hydrogen-bond acceptors (Lipinski definition) is 3. The lowest BCUT2D eigenvalue weighted by atomic mass is 10.2. The normalized spacial score (nSPS) is 16.3. The zero-order chi connectivity index (χ0) is 20.9. The molecule has 1 aliphatic heterocycles. The van der Waals surface area contributed by atoms with Crippen molar-refractivity contribution in [2.45, 2.75) is 27.2 Å². The Bertz CT molecular complexity index is 845. The van der Waals surface area contributed by atoms with E-state index in [2.05, 4.69) is 53.5 Å². The largest absolute Gasteiger partial charge is 0.466 e. The van der Waals surface area contributed by atoms with Gasteiger partial charge in [-0.25, -0.2) is 0 Å². The number of allylic oxidation sites excluding steroid dienone is 1. The maximum Gasteiger partial charge on any atom is 0.310 e. The molecule has 1 heterocycles. The van der Waals surface area contributed by atoms with E-state index < -0.39 is 7.36 Å². The summed E-state index contributed by atoms with van der Waals surface area (Å²) in [7, 11) is -2.75.